The van der Waals surface area contributed by atoms with Crippen LogP contribution >= 0.6 is 0 Å². The van der Waals surface area contributed by atoms with Crippen LogP contribution in [0.25, 0.3) is 11.1 Å². The van der Waals surface area contributed by atoms with Gasteiger partial charge in [-0.05, 0) is 57.6 Å². The summed E-state index contributed by atoms with van der Waals surface area (Å²) in [5.41, 5.74) is -4.46. The maximum absolute atomic E-state index is 15.3. The molecule has 390 valence electrons. The summed E-state index contributed by atoms with van der Waals surface area (Å²) in [4.78, 5) is 115. The zero-order chi connectivity index (χ0) is 55.1. The fourth-order valence-corrected chi connectivity index (χ4v) is 7.42. The van der Waals surface area contributed by atoms with Crippen molar-refractivity contribution in [1.82, 2.24) is 0 Å². The summed E-state index contributed by atoms with van der Waals surface area (Å²) in [5.74, 6) is -16.7. The van der Waals surface area contributed by atoms with Crippen molar-refractivity contribution in [1.29, 1.82) is 0 Å². The van der Waals surface area contributed by atoms with Crippen molar-refractivity contribution < 1.29 is 96.7 Å². The molecule has 76 heavy (non-hydrogen) atoms. The average Bonchev–Trinajstić information content (AvgIpc) is 3.45. The van der Waals surface area contributed by atoms with E-state index in [1.165, 1.54) is 0 Å². The summed E-state index contributed by atoms with van der Waals surface area (Å²) < 4.78 is 43.2. The first kappa shape index (κ1) is 55.1. The van der Waals surface area contributed by atoms with Crippen LogP contribution in [0.15, 0.2) is 169 Å². The Morgan fingerprint density at radius 1 is 0.329 bits per heavy atom. The monoisotopic (exact) mass is 1040 g/mol. The molecular formula is C56H46O20. The molecule has 0 fully saturated rings. The highest BCUT2D eigenvalue weighted by Gasteiger charge is 2.48. The normalized spacial score (nSPS) is 12.3. The van der Waals surface area contributed by atoms with Gasteiger partial charge in [-0.1, -0.05) is 133 Å². The van der Waals surface area contributed by atoms with Crippen LogP contribution in [0.5, 0.6) is 23.0 Å². The Bertz CT molecular complexity index is 2890. The van der Waals surface area contributed by atoms with Crippen molar-refractivity contribution in [2.45, 2.75) is 24.4 Å². The van der Waals surface area contributed by atoms with E-state index >= 15 is 9.59 Å². The second-order valence-corrected chi connectivity index (χ2v) is 15.8. The van der Waals surface area contributed by atoms with E-state index < -0.39 is 129 Å². The molecule has 0 saturated heterocycles. The number of hydrogen-bond donors (Lipinski definition) is 4. The molecule has 0 bridgehead atoms. The highest BCUT2D eigenvalue weighted by atomic mass is 16.6. The van der Waals surface area contributed by atoms with Crippen molar-refractivity contribution in [2.75, 3.05) is 28.4 Å². The molecule has 4 N–H and O–H groups in total. The van der Waals surface area contributed by atoms with Gasteiger partial charge in [0.2, 0.25) is 12.2 Å². The molecule has 0 saturated carbocycles. The molecule has 0 aliphatic rings. The van der Waals surface area contributed by atoms with Crippen LogP contribution in [0, 0.1) is 0 Å². The highest BCUT2D eigenvalue weighted by Crippen LogP contribution is 2.35. The molecular weight excluding hydrogens is 993 g/mol. The average molecular weight is 1040 g/mol. The molecule has 6 aromatic carbocycles. The first-order valence-corrected chi connectivity index (χ1v) is 22.4. The number of carbonyl (C=O) groups is 8. The number of esters is 8. The summed E-state index contributed by atoms with van der Waals surface area (Å²) in [6.45, 7) is 0. The molecule has 2 atom stereocenters. The minimum Gasteiger partial charge on any atom is -0.504 e. The summed E-state index contributed by atoms with van der Waals surface area (Å²) in [5, 5.41) is 41.1. The molecule has 0 aliphatic heterocycles. The number of phenols is 4. The predicted molar refractivity (Wildman–Crippen MR) is 263 cm³/mol. The zero-order valence-electron chi connectivity index (χ0n) is 40.6. The van der Waals surface area contributed by atoms with E-state index in [0.717, 1.165) is 64.8 Å². The number of methoxy groups -OCH3 is 4. The second kappa shape index (κ2) is 25.4. The Labute approximate surface area is 432 Å². The van der Waals surface area contributed by atoms with Crippen LogP contribution in [0.4, 0.5) is 0 Å². The van der Waals surface area contributed by atoms with Gasteiger partial charge in [-0.3, -0.25) is 0 Å². The highest BCUT2D eigenvalue weighted by molar-refractivity contribution is 6.33. The maximum Gasteiger partial charge on any atom is 0.353 e. The van der Waals surface area contributed by atoms with Crippen LogP contribution < -0.4 is 0 Å². The summed E-state index contributed by atoms with van der Waals surface area (Å²) >= 11 is 0. The second-order valence-electron chi connectivity index (χ2n) is 15.8. The largest absolute Gasteiger partial charge is 0.504 e. The first-order valence-electron chi connectivity index (χ1n) is 22.4. The minimum atomic E-state index is -2.96. The van der Waals surface area contributed by atoms with E-state index in [0.29, 0.717) is 22.3 Å². The molecule has 0 unspecified atom stereocenters. The number of phenolic OH excluding ortho intramolecular Hbond substituents is 4. The van der Waals surface area contributed by atoms with Crippen LogP contribution in [0.1, 0.15) is 45.6 Å². The Kier molecular flexibility index (Phi) is 18.4. The third-order valence-electron chi connectivity index (χ3n) is 11.1. The first-order chi connectivity index (χ1) is 36.5. The van der Waals surface area contributed by atoms with Gasteiger partial charge >= 0.3 is 47.8 Å². The molecule has 20 nitrogen and oxygen atoms in total. The molecule has 6 aromatic rings. The van der Waals surface area contributed by atoms with E-state index in [-0.39, 0.29) is 0 Å². The molecule has 0 aromatic heterocycles. The molecule has 6 rings (SSSR count). The summed E-state index contributed by atoms with van der Waals surface area (Å²) in [7, 11) is 3.29. The van der Waals surface area contributed by atoms with Crippen LogP contribution in [0.3, 0.4) is 0 Å². The van der Waals surface area contributed by atoms with Crippen molar-refractivity contribution in [3.63, 3.8) is 0 Å². The third-order valence-corrected chi connectivity index (χ3v) is 11.1. The lowest BCUT2D eigenvalue weighted by molar-refractivity contribution is -0.193. The number of benzene rings is 6. The third kappa shape index (κ3) is 12.9. The predicted octanol–water partition coefficient (Wildman–Crippen LogP) is 5.90. The summed E-state index contributed by atoms with van der Waals surface area (Å²) in [6, 6.07) is 37.1. The van der Waals surface area contributed by atoms with Gasteiger partial charge in [0.15, 0.2) is 46.4 Å². The fourth-order valence-electron chi connectivity index (χ4n) is 7.42. The molecule has 0 amide bonds. The number of carbonyl (C=O) groups excluding carboxylic acids is 8. The van der Waals surface area contributed by atoms with Gasteiger partial charge in [-0.25, -0.2) is 38.4 Å². The van der Waals surface area contributed by atoms with E-state index in [1.807, 2.05) is 0 Å². The number of rotatable bonds is 19. The molecule has 0 radical (unpaired) electrons. The van der Waals surface area contributed by atoms with E-state index in [9.17, 15) is 49.2 Å². The number of hydrogen-bond acceptors (Lipinski definition) is 20. The minimum absolute atomic E-state index is 0.294. The Morgan fingerprint density at radius 2 is 0.605 bits per heavy atom. The van der Waals surface area contributed by atoms with Crippen LogP contribution in [-0.2, 0) is 76.3 Å². The van der Waals surface area contributed by atoms with Crippen molar-refractivity contribution >= 4 is 58.9 Å². The Morgan fingerprint density at radius 3 is 0.855 bits per heavy atom. The molecule has 0 spiro atoms. The topological polar surface area (TPSA) is 291 Å². The maximum atomic E-state index is 15.3. The standard InChI is InChI=1S/C56H46O20/c1-69-49(61)41(35-25-27-37(57)39(59)29-35)43(51(63)71-3)53(65)75-47(55(67)73-45(31-17-9-5-10-18-31)32-19-11-6-12-20-32)48(56(68)74-46(33-21-13-7-14-22-33)34-23-15-8-16-24-34)76-54(66)44(52(64)72-4)42(50(62)70-2)36-26-28-38(58)40(60)30-36/h5-30,45-48,57-60H,1-4H3/t47-,48-/m0/s1. The van der Waals surface area contributed by atoms with Gasteiger partial charge in [0, 0.05) is 0 Å². The number of aromatic hydroxyl groups is 4. The smallest absolute Gasteiger partial charge is 0.353 e. The molecule has 20 heteroatoms. The summed E-state index contributed by atoms with van der Waals surface area (Å²) in [6.07, 6.45) is -8.78. The van der Waals surface area contributed by atoms with Gasteiger partial charge < -0.3 is 58.3 Å². The lowest BCUT2D eigenvalue weighted by Crippen LogP contribution is -2.49. The van der Waals surface area contributed by atoms with Crippen molar-refractivity contribution in [3.8, 4) is 23.0 Å². The van der Waals surface area contributed by atoms with Crippen molar-refractivity contribution in [3.05, 3.63) is 202 Å². The van der Waals surface area contributed by atoms with E-state index in [1.54, 1.807) is 121 Å². The quantitative estimate of drug-likeness (QED) is 0.0183. The Balaban J connectivity index is 1.66. The Hall–Kier alpha value is -10.2. The molecule has 0 heterocycles. The molecule has 0 aliphatic carbocycles. The van der Waals surface area contributed by atoms with E-state index in [4.69, 9.17) is 37.9 Å². The zero-order valence-corrected chi connectivity index (χ0v) is 40.6. The number of ether oxygens (including phenoxy) is 8. The van der Waals surface area contributed by atoms with Crippen LogP contribution in [-0.4, -0.2) is 109 Å². The van der Waals surface area contributed by atoms with Gasteiger partial charge in [-0.15, -0.1) is 0 Å². The van der Waals surface area contributed by atoms with Crippen molar-refractivity contribution in [2.24, 2.45) is 0 Å². The van der Waals surface area contributed by atoms with Gasteiger partial charge in [0.05, 0.1) is 39.6 Å². The van der Waals surface area contributed by atoms with Gasteiger partial charge in [-0.2, -0.15) is 0 Å². The SMILES string of the molecule is COC(=O)C(C(=O)O[C@H](C(=O)OC(c1ccccc1)c1ccccc1)[C@H](OC(=O)C(C(=O)OC)=C(C(=O)OC)c1ccc(O)c(O)c1)C(=O)OC(c1ccccc1)c1ccccc1)=C(C(=O)OC)c1ccc(O)c(O)c1. The van der Waals surface area contributed by atoms with Gasteiger partial charge in [0.1, 0.15) is 0 Å². The van der Waals surface area contributed by atoms with E-state index in [2.05, 4.69) is 0 Å². The lowest BCUT2D eigenvalue weighted by atomic mass is 9.98. The fraction of sp³-hybridized carbons (Fsp3) is 0.143. The lowest BCUT2D eigenvalue weighted by Gasteiger charge is -2.29. The van der Waals surface area contributed by atoms with Gasteiger partial charge in [0.25, 0.3) is 0 Å². The van der Waals surface area contributed by atoms with Crippen LogP contribution in [0.2, 0.25) is 0 Å².